The molecule has 9 heteroatoms. The Bertz CT molecular complexity index is 1060. The lowest BCUT2D eigenvalue weighted by atomic mass is 10.1. The van der Waals surface area contributed by atoms with Crippen LogP contribution in [-0.4, -0.2) is 27.9 Å². The standard InChI is InChI=1S/C20H17N3O5S/c1-12-8-9-15(10-17(12)23(26)27)19(25)28-13(2)18(24)22-20-21-16(11-29-20)14-6-4-3-5-7-14/h3-11,13H,1-2H3,(H,21,22,24)/t13-/m1/s1. The molecule has 0 unspecified atom stereocenters. The lowest BCUT2D eigenvalue weighted by Gasteiger charge is -2.12. The Kier molecular flexibility index (Phi) is 5.99. The number of nitrogens with zero attached hydrogens (tertiary/aromatic N) is 2. The number of nitro benzene ring substituents is 1. The van der Waals surface area contributed by atoms with Gasteiger partial charge in [-0.15, -0.1) is 11.3 Å². The topological polar surface area (TPSA) is 111 Å². The van der Waals surface area contributed by atoms with E-state index in [0.717, 1.165) is 17.3 Å². The van der Waals surface area contributed by atoms with Crippen LogP contribution in [0.25, 0.3) is 11.3 Å². The highest BCUT2D eigenvalue weighted by Crippen LogP contribution is 2.25. The molecule has 3 rings (SSSR count). The minimum atomic E-state index is -1.10. The number of carbonyl (C=O) groups is 2. The molecule has 29 heavy (non-hydrogen) atoms. The first-order chi connectivity index (χ1) is 13.8. The lowest BCUT2D eigenvalue weighted by Crippen LogP contribution is -2.30. The van der Waals surface area contributed by atoms with Gasteiger partial charge in [-0.1, -0.05) is 36.4 Å². The zero-order valence-corrected chi connectivity index (χ0v) is 16.4. The Morgan fingerprint density at radius 2 is 1.93 bits per heavy atom. The summed E-state index contributed by atoms with van der Waals surface area (Å²) in [6, 6.07) is 13.5. The van der Waals surface area contributed by atoms with E-state index in [1.54, 1.807) is 6.92 Å². The highest BCUT2D eigenvalue weighted by Gasteiger charge is 2.22. The van der Waals surface area contributed by atoms with Crippen LogP contribution in [0.2, 0.25) is 0 Å². The third-order valence-electron chi connectivity index (χ3n) is 4.10. The summed E-state index contributed by atoms with van der Waals surface area (Å²) >= 11 is 1.25. The molecule has 0 saturated carbocycles. The number of anilines is 1. The molecule has 1 heterocycles. The summed E-state index contributed by atoms with van der Waals surface area (Å²) in [4.78, 5) is 39.4. The first-order valence-electron chi connectivity index (χ1n) is 8.63. The molecule has 1 aromatic heterocycles. The maximum Gasteiger partial charge on any atom is 0.339 e. The van der Waals surface area contributed by atoms with Crippen molar-refractivity contribution in [1.82, 2.24) is 4.98 Å². The molecule has 0 spiro atoms. The molecule has 0 radical (unpaired) electrons. The average Bonchev–Trinajstić information content (AvgIpc) is 3.17. The van der Waals surface area contributed by atoms with Crippen LogP contribution in [0.1, 0.15) is 22.8 Å². The number of hydrogen-bond acceptors (Lipinski definition) is 7. The van der Waals surface area contributed by atoms with Crippen LogP contribution in [0.4, 0.5) is 10.8 Å². The number of aryl methyl sites for hydroxylation is 1. The number of carbonyl (C=O) groups excluding carboxylic acids is 2. The number of thiazole rings is 1. The van der Waals surface area contributed by atoms with Crippen LogP contribution in [0.15, 0.2) is 53.9 Å². The minimum absolute atomic E-state index is 0.00237. The molecule has 1 atom stereocenters. The highest BCUT2D eigenvalue weighted by atomic mass is 32.1. The van der Waals surface area contributed by atoms with Gasteiger partial charge in [0.2, 0.25) is 0 Å². The Labute approximate surface area is 170 Å². The average molecular weight is 411 g/mol. The number of benzene rings is 2. The van der Waals surface area contributed by atoms with Crippen LogP contribution >= 0.6 is 11.3 Å². The third kappa shape index (κ3) is 4.82. The van der Waals surface area contributed by atoms with Crippen molar-refractivity contribution in [2.45, 2.75) is 20.0 Å². The SMILES string of the molecule is Cc1ccc(C(=O)O[C@H](C)C(=O)Nc2nc(-c3ccccc3)cs2)cc1[N+](=O)[O-]. The van der Waals surface area contributed by atoms with Gasteiger partial charge in [-0.2, -0.15) is 0 Å². The van der Waals surface area contributed by atoms with Crippen molar-refractivity contribution in [3.05, 3.63) is 75.2 Å². The fraction of sp³-hybridized carbons (Fsp3) is 0.150. The van der Waals surface area contributed by atoms with E-state index in [1.807, 2.05) is 35.7 Å². The van der Waals surface area contributed by atoms with Crippen molar-refractivity contribution >= 4 is 34.0 Å². The zero-order chi connectivity index (χ0) is 21.0. The van der Waals surface area contributed by atoms with Gasteiger partial charge in [0.15, 0.2) is 11.2 Å². The predicted octanol–water partition coefficient (Wildman–Crippen LogP) is 4.21. The Morgan fingerprint density at radius 3 is 2.62 bits per heavy atom. The Morgan fingerprint density at radius 1 is 1.21 bits per heavy atom. The normalized spacial score (nSPS) is 11.5. The molecule has 0 aliphatic rings. The molecular formula is C20H17N3O5S. The van der Waals surface area contributed by atoms with Gasteiger partial charge < -0.3 is 4.74 Å². The maximum absolute atomic E-state index is 12.3. The predicted molar refractivity (Wildman–Crippen MR) is 109 cm³/mol. The monoisotopic (exact) mass is 411 g/mol. The van der Waals surface area contributed by atoms with Crippen LogP contribution in [0, 0.1) is 17.0 Å². The summed E-state index contributed by atoms with van der Waals surface area (Å²) in [6.07, 6.45) is -1.10. The number of aromatic nitrogens is 1. The van der Waals surface area contributed by atoms with Gasteiger partial charge >= 0.3 is 5.97 Å². The van der Waals surface area contributed by atoms with E-state index in [9.17, 15) is 19.7 Å². The second-order valence-electron chi connectivity index (χ2n) is 6.20. The first-order valence-corrected chi connectivity index (χ1v) is 9.51. The Hall–Kier alpha value is -3.59. The number of hydrogen-bond donors (Lipinski definition) is 1. The molecule has 0 bridgehead atoms. The van der Waals surface area contributed by atoms with E-state index in [4.69, 9.17) is 4.74 Å². The molecule has 0 aliphatic heterocycles. The fourth-order valence-electron chi connectivity index (χ4n) is 2.49. The van der Waals surface area contributed by atoms with E-state index in [2.05, 4.69) is 10.3 Å². The van der Waals surface area contributed by atoms with Crippen LogP contribution in [-0.2, 0) is 9.53 Å². The number of esters is 1. The highest BCUT2D eigenvalue weighted by molar-refractivity contribution is 7.14. The van der Waals surface area contributed by atoms with Crippen molar-refractivity contribution in [2.75, 3.05) is 5.32 Å². The van der Waals surface area contributed by atoms with Crippen molar-refractivity contribution < 1.29 is 19.2 Å². The largest absolute Gasteiger partial charge is 0.449 e. The zero-order valence-electron chi connectivity index (χ0n) is 15.6. The minimum Gasteiger partial charge on any atom is -0.449 e. The number of ether oxygens (including phenoxy) is 1. The molecule has 3 aromatic rings. The fourth-order valence-corrected chi connectivity index (χ4v) is 3.22. The van der Waals surface area contributed by atoms with Gasteiger partial charge in [-0.05, 0) is 19.9 Å². The first kappa shape index (κ1) is 20.2. The maximum atomic E-state index is 12.3. The molecular weight excluding hydrogens is 394 g/mol. The van der Waals surface area contributed by atoms with Crippen LogP contribution in [0.5, 0.6) is 0 Å². The van der Waals surface area contributed by atoms with Crippen molar-refractivity contribution in [3.8, 4) is 11.3 Å². The molecule has 1 amide bonds. The number of amides is 1. The molecule has 0 fully saturated rings. The van der Waals surface area contributed by atoms with E-state index >= 15 is 0 Å². The number of nitro groups is 1. The molecule has 8 nitrogen and oxygen atoms in total. The Balaban J connectivity index is 1.64. The molecule has 1 N–H and O–H groups in total. The van der Waals surface area contributed by atoms with E-state index in [-0.39, 0.29) is 11.3 Å². The second-order valence-corrected chi connectivity index (χ2v) is 7.06. The lowest BCUT2D eigenvalue weighted by molar-refractivity contribution is -0.385. The van der Waals surface area contributed by atoms with Gasteiger partial charge in [-0.3, -0.25) is 20.2 Å². The second kappa shape index (κ2) is 8.61. The third-order valence-corrected chi connectivity index (χ3v) is 4.86. The summed E-state index contributed by atoms with van der Waals surface area (Å²) in [5.41, 5.74) is 1.89. The van der Waals surface area contributed by atoms with Gasteiger partial charge in [0.25, 0.3) is 11.6 Å². The molecule has 0 saturated heterocycles. The van der Waals surface area contributed by atoms with E-state index < -0.39 is 22.9 Å². The summed E-state index contributed by atoms with van der Waals surface area (Å²) in [5, 5.41) is 15.8. The molecule has 148 valence electrons. The summed E-state index contributed by atoms with van der Waals surface area (Å²) in [6.45, 7) is 2.99. The summed E-state index contributed by atoms with van der Waals surface area (Å²) in [7, 11) is 0. The van der Waals surface area contributed by atoms with Crippen LogP contribution in [0.3, 0.4) is 0 Å². The smallest absolute Gasteiger partial charge is 0.339 e. The van der Waals surface area contributed by atoms with Crippen molar-refractivity contribution in [3.63, 3.8) is 0 Å². The summed E-state index contributed by atoms with van der Waals surface area (Å²) in [5.74, 6) is -1.37. The number of rotatable bonds is 6. The molecule has 2 aromatic carbocycles. The van der Waals surface area contributed by atoms with Gasteiger partial charge in [-0.25, -0.2) is 9.78 Å². The van der Waals surface area contributed by atoms with Gasteiger partial charge in [0.1, 0.15) is 0 Å². The quantitative estimate of drug-likeness (QED) is 0.369. The van der Waals surface area contributed by atoms with E-state index in [1.165, 1.54) is 30.4 Å². The number of nitrogens with one attached hydrogen (secondary N) is 1. The van der Waals surface area contributed by atoms with E-state index in [0.29, 0.717) is 10.7 Å². The van der Waals surface area contributed by atoms with Crippen LogP contribution < -0.4 is 5.32 Å². The summed E-state index contributed by atoms with van der Waals surface area (Å²) < 4.78 is 5.14. The molecule has 0 aliphatic carbocycles. The van der Waals surface area contributed by atoms with Gasteiger partial charge in [0, 0.05) is 22.6 Å². The van der Waals surface area contributed by atoms with Crippen molar-refractivity contribution in [2.24, 2.45) is 0 Å². The van der Waals surface area contributed by atoms with Gasteiger partial charge in [0.05, 0.1) is 16.2 Å². The van der Waals surface area contributed by atoms with Crippen molar-refractivity contribution in [1.29, 1.82) is 0 Å².